The molecule has 0 spiro atoms. The molecule has 1 amide bonds. The fourth-order valence-corrected chi connectivity index (χ4v) is 1.41. The zero-order valence-corrected chi connectivity index (χ0v) is 8.88. The maximum atomic E-state index is 13.0. The molecule has 0 saturated carbocycles. The van der Waals surface area contributed by atoms with Crippen LogP contribution < -0.4 is 5.32 Å². The molecule has 6 heteroatoms. The van der Waals surface area contributed by atoms with Gasteiger partial charge < -0.3 is 10.1 Å². The molecule has 16 heavy (non-hydrogen) atoms. The molecule has 1 aromatic rings. The SMILES string of the molecule is Cl.N#Cc1cc([C@@H]2COC(=O)N2)ccc1F. The van der Waals surface area contributed by atoms with Gasteiger partial charge in [-0.15, -0.1) is 12.4 Å². The molecule has 1 atom stereocenters. The summed E-state index contributed by atoms with van der Waals surface area (Å²) in [5, 5.41) is 11.2. The summed E-state index contributed by atoms with van der Waals surface area (Å²) in [6.45, 7) is 0.204. The lowest BCUT2D eigenvalue weighted by Crippen LogP contribution is -2.18. The monoisotopic (exact) mass is 242 g/mol. The number of nitriles is 1. The number of nitrogens with one attached hydrogen (secondary N) is 1. The van der Waals surface area contributed by atoms with Gasteiger partial charge in [0, 0.05) is 0 Å². The summed E-state index contributed by atoms with van der Waals surface area (Å²) in [4.78, 5) is 10.8. The molecule has 0 unspecified atom stereocenters. The topological polar surface area (TPSA) is 62.1 Å². The molecule has 1 N–H and O–H groups in total. The van der Waals surface area contributed by atoms with Crippen LogP contribution in [0.15, 0.2) is 18.2 Å². The van der Waals surface area contributed by atoms with Crippen LogP contribution in [0.5, 0.6) is 0 Å². The van der Waals surface area contributed by atoms with E-state index in [1.807, 2.05) is 0 Å². The van der Waals surface area contributed by atoms with Crippen LogP contribution in [-0.2, 0) is 4.74 Å². The largest absolute Gasteiger partial charge is 0.447 e. The zero-order chi connectivity index (χ0) is 10.8. The quantitative estimate of drug-likeness (QED) is 0.818. The fraction of sp³-hybridized carbons (Fsp3) is 0.200. The van der Waals surface area contributed by atoms with Crippen molar-refractivity contribution in [1.29, 1.82) is 5.26 Å². The number of carbonyl (C=O) groups excluding carboxylic acids is 1. The second-order valence-corrected chi connectivity index (χ2v) is 3.15. The van der Waals surface area contributed by atoms with Crippen molar-refractivity contribution in [3.63, 3.8) is 0 Å². The maximum Gasteiger partial charge on any atom is 0.407 e. The molecular formula is C10H8ClFN2O2. The molecule has 0 aliphatic carbocycles. The van der Waals surface area contributed by atoms with Gasteiger partial charge in [-0.2, -0.15) is 5.26 Å². The van der Waals surface area contributed by atoms with Crippen LogP contribution in [0.25, 0.3) is 0 Å². The third kappa shape index (κ3) is 2.23. The van der Waals surface area contributed by atoms with Crippen molar-refractivity contribution in [2.24, 2.45) is 0 Å². The van der Waals surface area contributed by atoms with Crippen molar-refractivity contribution in [2.75, 3.05) is 6.61 Å². The molecule has 4 nitrogen and oxygen atoms in total. The summed E-state index contributed by atoms with van der Waals surface area (Å²) in [6, 6.07) is 5.58. The highest BCUT2D eigenvalue weighted by Gasteiger charge is 2.24. The van der Waals surface area contributed by atoms with E-state index in [0.29, 0.717) is 5.56 Å². The lowest BCUT2D eigenvalue weighted by atomic mass is 10.1. The first kappa shape index (κ1) is 12.3. The van der Waals surface area contributed by atoms with Crippen LogP contribution in [0, 0.1) is 17.1 Å². The van der Waals surface area contributed by atoms with Crippen molar-refractivity contribution in [2.45, 2.75) is 6.04 Å². The van der Waals surface area contributed by atoms with Gasteiger partial charge in [0.05, 0.1) is 11.6 Å². The predicted molar refractivity (Wildman–Crippen MR) is 55.6 cm³/mol. The van der Waals surface area contributed by atoms with Crippen molar-refractivity contribution in [1.82, 2.24) is 5.32 Å². The summed E-state index contributed by atoms with van der Waals surface area (Å²) in [5.74, 6) is -0.563. The number of amides is 1. The first-order valence-electron chi connectivity index (χ1n) is 4.33. The molecule has 1 aromatic carbocycles. The first-order valence-corrected chi connectivity index (χ1v) is 4.33. The van der Waals surface area contributed by atoms with E-state index in [-0.39, 0.29) is 30.6 Å². The third-order valence-electron chi connectivity index (χ3n) is 2.19. The van der Waals surface area contributed by atoms with Crippen molar-refractivity contribution >= 4 is 18.5 Å². The molecule has 1 fully saturated rings. The summed E-state index contributed by atoms with van der Waals surface area (Å²) >= 11 is 0. The molecule has 1 heterocycles. The highest BCUT2D eigenvalue weighted by molar-refractivity contribution is 5.85. The average molecular weight is 243 g/mol. The van der Waals surface area contributed by atoms with Gasteiger partial charge >= 0.3 is 6.09 Å². The van der Waals surface area contributed by atoms with E-state index in [9.17, 15) is 9.18 Å². The average Bonchev–Trinajstić information content (AvgIpc) is 2.66. The Hall–Kier alpha value is -1.80. The van der Waals surface area contributed by atoms with Gasteiger partial charge in [-0.25, -0.2) is 9.18 Å². The Kier molecular flexibility index (Phi) is 3.69. The van der Waals surface area contributed by atoms with Crippen LogP contribution in [0.1, 0.15) is 17.2 Å². The molecule has 1 aliphatic rings. The molecule has 0 bridgehead atoms. The molecular weight excluding hydrogens is 235 g/mol. The lowest BCUT2D eigenvalue weighted by molar-refractivity contribution is 0.177. The van der Waals surface area contributed by atoms with E-state index in [4.69, 9.17) is 10.00 Å². The fourth-order valence-electron chi connectivity index (χ4n) is 1.41. The minimum Gasteiger partial charge on any atom is -0.447 e. The van der Waals surface area contributed by atoms with E-state index < -0.39 is 11.9 Å². The van der Waals surface area contributed by atoms with E-state index >= 15 is 0 Å². The van der Waals surface area contributed by atoms with Gasteiger partial charge in [0.2, 0.25) is 0 Å². The smallest absolute Gasteiger partial charge is 0.407 e. The zero-order valence-electron chi connectivity index (χ0n) is 8.07. The van der Waals surface area contributed by atoms with Gasteiger partial charge in [-0.05, 0) is 17.7 Å². The number of hydrogen-bond acceptors (Lipinski definition) is 3. The van der Waals surface area contributed by atoms with E-state index in [2.05, 4.69) is 5.32 Å². The van der Waals surface area contributed by atoms with Gasteiger partial charge in [0.25, 0.3) is 0 Å². The van der Waals surface area contributed by atoms with Gasteiger partial charge in [0.15, 0.2) is 0 Å². The minimum atomic E-state index is -0.563. The Morgan fingerprint density at radius 2 is 2.31 bits per heavy atom. The minimum absolute atomic E-state index is 0. The predicted octanol–water partition coefficient (Wildman–Crippen LogP) is 1.90. The second kappa shape index (κ2) is 4.81. The molecule has 0 radical (unpaired) electrons. The number of carbonyl (C=O) groups is 1. The number of halogens is 2. The summed E-state index contributed by atoms with van der Waals surface area (Å²) < 4.78 is 17.7. The van der Waals surface area contributed by atoms with Crippen LogP contribution in [0.2, 0.25) is 0 Å². The second-order valence-electron chi connectivity index (χ2n) is 3.15. The van der Waals surface area contributed by atoms with Crippen LogP contribution >= 0.6 is 12.4 Å². The number of benzene rings is 1. The van der Waals surface area contributed by atoms with Crippen LogP contribution in [0.4, 0.5) is 9.18 Å². The standard InChI is InChI=1S/C10H7FN2O2.ClH/c11-8-2-1-6(3-7(8)4-12)9-5-15-10(14)13-9;/h1-3,9H,5H2,(H,13,14);1H/t9-;/m0./s1. The Labute approximate surface area is 97.4 Å². The van der Waals surface area contributed by atoms with Crippen molar-refractivity contribution < 1.29 is 13.9 Å². The molecule has 84 valence electrons. The summed E-state index contributed by atoms with van der Waals surface area (Å²) in [5.41, 5.74) is 0.632. The number of hydrogen-bond donors (Lipinski definition) is 1. The highest BCUT2D eigenvalue weighted by Crippen LogP contribution is 2.20. The Morgan fingerprint density at radius 1 is 1.56 bits per heavy atom. The maximum absolute atomic E-state index is 13.0. The van der Waals surface area contributed by atoms with Crippen LogP contribution in [-0.4, -0.2) is 12.7 Å². The molecule has 1 saturated heterocycles. The number of rotatable bonds is 1. The highest BCUT2D eigenvalue weighted by atomic mass is 35.5. The van der Waals surface area contributed by atoms with E-state index in [1.165, 1.54) is 18.2 Å². The van der Waals surface area contributed by atoms with Crippen LogP contribution in [0.3, 0.4) is 0 Å². The Balaban J connectivity index is 0.00000128. The lowest BCUT2D eigenvalue weighted by Gasteiger charge is -2.07. The van der Waals surface area contributed by atoms with E-state index in [0.717, 1.165) is 0 Å². The molecule has 0 aromatic heterocycles. The molecule has 1 aliphatic heterocycles. The van der Waals surface area contributed by atoms with Gasteiger partial charge in [0.1, 0.15) is 18.5 Å². The van der Waals surface area contributed by atoms with Gasteiger partial charge in [-0.1, -0.05) is 6.07 Å². The van der Waals surface area contributed by atoms with Crippen molar-refractivity contribution in [3.8, 4) is 6.07 Å². The number of cyclic esters (lactones) is 1. The molecule has 2 rings (SSSR count). The van der Waals surface area contributed by atoms with Gasteiger partial charge in [-0.3, -0.25) is 0 Å². The van der Waals surface area contributed by atoms with Crippen molar-refractivity contribution in [3.05, 3.63) is 35.1 Å². The number of alkyl carbamates (subject to hydrolysis) is 1. The number of nitrogens with zero attached hydrogens (tertiary/aromatic N) is 1. The normalized spacial score (nSPS) is 18.0. The Morgan fingerprint density at radius 3 is 2.88 bits per heavy atom. The first-order chi connectivity index (χ1) is 7.20. The third-order valence-corrected chi connectivity index (χ3v) is 2.19. The number of ether oxygens (including phenoxy) is 1. The Bertz CT molecular complexity index is 459. The van der Waals surface area contributed by atoms with E-state index in [1.54, 1.807) is 6.07 Å². The summed E-state index contributed by atoms with van der Waals surface area (Å²) in [6.07, 6.45) is -0.497. The summed E-state index contributed by atoms with van der Waals surface area (Å²) in [7, 11) is 0.